The molecule has 0 bridgehead atoms. The van der Waals surface area contributed by atoms with Crippen LogP contribution in [0.3, 0.4) is 0 Å². The van der Waals surface area contributed by atoms with E-state index >= 15 is 0 Å². The van der Waals surface area contributed by atoms with Crippen molar-refractivity contribution in [1.29, 1.82) is 0 Å². The van der Waals surface area contributed by atoms with Gasteiger partial charge in [-0.25, -0.2) is 14.2 Å². The standard InChI is InChI=1S/C27H25F4N3O2/c1-14(25-33-23-19(26(35)36-2)8-9-21(24(23)34-25)27(29,30)31)15-3-5-16(6-4-15)18-11-12-32-22-10-7-17(28)13-20(18)22/h7-16H,3-6H2,1-2H3,(H,33,34). The molecular formula is C27H25F4N3O2. The van der Waals surface area contributed by atoms with E-state index in [4.69, 9.17) is 4.74 Å². The molecule has 0 aliphatic heterocycles. The zero-order valence-corrected chi connectivity index (χ0v) is 19.8. The van der Waals surface area contributed by atoms with Gasteiger partial charge in [-0.3, -0.25) is 4.98 Å². The van der Waals surface area contributed by atoms with Crippen molar-refractivity contribution < 1.29 is 27.1 Å². The van der Waals surface area contributed by atoms with Gasteiger partial charge >= 0.3 is 12.1 Å². The molecule has 5 nitrogen and oxygen atoms in total. The lowest BCUT2D eigenvalue weighted by Crippen LogP contribution is -2.19. The van der Waals surface area contributed by atoms with Gasteiger partial charge in [0.05, 0.1) is 29.3 Å². The molecule has 2 aromatic heterocycles. The summed E-state index contributed by atoms with van der Waals surface area (Å²) >= 11 is 0. The second-order valence-corrected chi connectivity index (χ2v) is 9.46. The summed E-state index contributed by atoms with van der Waals surface area (Å²) in [5.41, 5.74) is 0.733. The molecule has 5 rings (SSSR count). The highest BCUT2D eigenvalue weighted by atomic mass is 19.4. The summed E-state index contributed by atoms with van der Waals surface area (Å²) in [6.07, 6.45) is 0.578. The molecule has 0 radical (unpaired) electrons. The van der Waals surface area contributed by atoms with E-state index in [9.17, 15) is 22.4 Å². The third-order valence-electron chi connectivity index (χ3n) is 7.46. The van der Waals surface area contributed by atoms with Crippen LogP contribution in [0.15, 0.2) is 42.6 Å². The van der Waals surface area contributed by atoms with Crippen molar-refractivity contribution in [1.82, 2.24) is 15.0 Å². The van der Waals surface area contributed by atoms with Crippen LogP contribution in [0, 0.1) is 11.7 Å². The topological polar surface area (TPSA) is 67.9 Å². The lowest BCUT2D eigenvalue weighted by Gasteiger charge is -2.32. The van der Waals surface area contributed by atoms with Crippen molar-refractivity contribution in [3.8, 4) is 0 Å². The van der Waals surface area contributed by atoms with Crippen LogP contribution in [0.4, 0.5) is 17.6 Å². The summed E-state index contributed by atoms with van der Waals surface area (Å²) in [5, 5.41) is 0.821. The average molecular weight is 500 g/mol. The summed E-state index contributed by atoms with van der Waals surface area (Å²) in [4.78, 5) is 23.8. The van der Waals surface area contributed by atoms with E-state index in [1.54, 1.807) is 12.3 Å². The Labute approximate surface area is 204 Å². The minimum atomic E-state index is -4.59. The van der Waals surface area contributed by atoms with Crippen LogP contribution in [-0.4, -0.2) is 28.0 Å². The van der Waals surface area contributed by atoms with Crippen LogP contribution in [-0.2, 0) is 10.9 Å². The fourth-order valence-electron chi connectivity index (χ4n) is 5.49. The van der Waals surface area contributed by atoms with Crippen LogP contribution < -0.4 is 0 Å². The number of aromatic nitrogens is 3. The number of carbonyl (C=O) groups is 1. The Bertz CT molecular complexity index is 1440. The van der Waals surface area contributed by atoms with Crippen molar-refractivity contribution in [3.05, 3.63) is 70.9 Å². The summed E-state index contributed by atoms with van der Waals surface area (Å²) in [7, 11) is 1.18. The Morgan fingerprint density at radius 2 is 1.86 bits per heavy atom. The number of methoxy groups -OCH3 is 1. The van der Waals surface area contributed by atoms with Gasteiger partial charge in [0, 0.05) is 17.5 Å². The highest BCUT2D eigenvalue weighted by molar-refractivity contribution is 6.03. The molecule has 0 saturated heterocycles. The van der Waals surface area contributed by atoms with Crippen molar-refractivity contribution in [2.24, 2.45) is 5.92 Å². The van der Waals surface area contributed by atoms with Crippen LogP contribution >= 0.6 is 0 Å². The molecule has 2 heterocycles. The lowest BCUT2D eigenvalue weighted by molar-refractivity contribution is -0.136. The summed E-state index contributed by atoms with van der Waals surface area (Å²) in [6, 6.07) is 8.55. The Morgan fingerprint density at radius 3 is 2.56 bits per heavy atom. The molecule has 9 heteroatoms. The summed E-state index contributed by atoms with van der Waals surface area (Å²) in [6.45, 7) is 1.95. The molecule has 1 fully saturated rings. The Hall–Kier alpha value is -3.49. The molecule has 1 saturated carbocycles. The number of fused-ring (bicyclic) bond motifs is 2. The number of aromatic amines is 1. The number of benzene rings is 2. The van der Waals surface area contributed by atoms with Gasteiger partial charge in [-0.2, -0.15) is 13.2 Å². The smallest absolute Gasteiger partial charge is 0.418 e. The predicted octanol–water partition coefficient (Wildman–Crippen LogP) is 7.13. The van der Waals surface area contributed by atoms with Crippen LogP contribution in [0.25, 0.3) is 21.9 Å². The van der Waals surface area contributed by atoms with E-state index in [1.807, 2.05) is 13.0 Å². The number of pyridine rings is 1. The maximum atomic E-state index is 13.9. The van der Waals surface area contributed by atoms with E-state index in [2.05, 4.69) is 15.0 Å². The van der Waals surface area contributed by atoms with Gasteiger partial charge in [0.1, 0.15) is 17.2 Å². The van der Waals surface area contributed by atoms with Gasteiger partial charge in [-0.15, -0.1) is 0 Å². The van der Waals surface area contributed by atoms with E-state index < -0.39 is 17.7 Å². The first-order valence-electron chi connectivity index (χ1n) is 11.9. The number of nitrogens with zero attached hydrogens (tertiary/aromatic N) is 2. The van der Waals surface area contributed by atoms with Crippen LogP contribution in [0.1, 0.15) is 71.8 Å². The highest BCUT2D eigenvalue weighted by Crippen LogP contribution is 2.44. The predicted molar refractivity (Wildman–Crippen MR) is 127 cm³/mol. The molecule has 0 amide bonds. The van der Waals surface area contributed by atoms with Gasteiger partial charge < -0.3 is 9.72 Å². The molecule has 2 aromatic carbocycles. The van der Waals surface area contributed by atoms with Crippen molar-refractivity contribution in [2.45, 2.75) is 50.6 Å². The third-order valence-corrected chi connectivity index (χ3v) is 7.46. The Balaban J connectivity index is 1.41. The van der Waals surface area contributed by atoms with Gasteiger partial charge in [-0.05, 0) is 79.5 Å². The minimum Gasteiger partial charge on any atom is -0.465 e. The van der Waals surface area contributed by atoms with E-state index in [-0.39, 0.29) is 40.2 Å². The zero-order valence-electron chi connectivity index (χ0n) is 19.8. The summed E-state index contributed by atoms with van der Waals surface area (Å²) < 4.78 is 59.6. The fraction of sp³-hybridized carbons (Fsp3) is 0.370. The second kappa shape index (κ2) is 9.19. The van der Waals surface area contributed by atoms with Crippen LogP contribution in [0.2, 0.25) is 0 Å². The van der Waals surface area contributed by atoms with Crippen molar-refractivity contribution in [3.63, 3.8) is 0 Å². The quantitative estimate of drug-likeness (QED) is 0.240. The number of rotatable bonds is 4. The average Bonchev–Trinajstić information content (AvgIpc) is 3.31. The van der Waals surface area contributed by atoms with Gasteiger partial charge in [0.25, 0.3) is 0 Å². The molecule has 1 unspecified atom stereocenters. The number of H-pyrrole nitrogens is 1. The molecule has 1 atom stereocenters. The number of alkyl halides is 3. The maximum absolute atomic E-state index is 13.9. The van der Waals surface area contributed by atoms with Crippen molar-refractivity contribution >= 4 is 27.9 Å². The highest BCUT2D eigenvalue weighted by Gasteiger charge is 2.36. The first-order chi connectivity index (χ1) is 17.2. The number of ether oxygens (including phenoxy) is 1. The SMILES string of the molecule is COC(=O)c1ccc(C(F)(F)F)c2[nH]c(C(C)C3CCC(c4ccnc5ccc(F)cc45)CC3)nc12. The lowest BCUT2D eigenvalue weighted by atomic mass is 9.73. The molecule has 4 aromatic rings. The second-order valence-electron chi connectivity index (χ2n) is 9.46. The fourth-order valence-corrected chi connectivity index (χ4v) is 5.49. The van der Waals surface area contributed by atoms with Gasteiger partial charge in [-0.1, -0.05) is 6.92 Å². The molecule has 1 aliphatic rings. The number of hydrogen-bond donors (Lipinski definition) is 1. The molecule has 36 heavy (non-hydrogen) atoms. The van der Waals surface area contributed by atoms with Crippen molar-refractivity contribution in [2.75, 3.05) is 7.11 Å². The number of imidazole rings is 1. The normalized spacial score (nSPS) is 19.5. The number of carbonyl (C=O) groups excluding carboxylic acids is 1. The number of hydrogen-bond acceptors (Lipinski definition) is 4. The van der Waals surface area contributed by atoms with Crippen LogP contribution in [0.5, 0.6) is 0 Å². The molecule has 1 N–H and O–H groups in total. The van der Waals surface area contributed by atoms with E-state index in [0.29, 0.717) is 5.82 Å². The monoisotopic (exact) mass is 499 g/mol. The van der Waals surface area contributed by atoms with E-state index in [1.165, 1.54) is 19.2 Å². The number of nitrogens with one attached hydrogen (secondary N) is 1. The van der Waals surface area contributed by atoms with Gasteiger partial charge in [0.2, 0.25) is 0 Å². The minimum absolute atomic E-state index is 0.00398. The molecule has 0 spiro atoms. The first-order valence-corrected chi connectivity index (χ1v) is 11.9. The molecular weight excluding hydrogens is 474 g/mol. The van der Waals surface area contributed by atoms with E-state index in [0.717, 1.165) is 54.3 Å². The maximum Gasteiger partial charge on any atom is 0.418 e. The van der Waals surface area contributed by atoms with Gasteiger partial charge in [0.15, 0.2) is 0 Å². The third kappa shape index (κ3) is 4.31. The molecule has 188 valence electrons. The Kier molecular flexibility index (Phi) is 6.18. The largest absolute Gasteiger partial charge is 0.465 e. The summed E-state index contributed by atoms with van der Waals surface area (Å²) in [5.74, 6) is -0.306. The first kappa shape index (κ1) is 24.2. The number of halogens is 4. The number of esters is 1. The Morgan fingerprint density at radius 1 is 1.11 bits per heavy atom. The molecule has 1 aliphatic carbocycles. The zero-order chi connectivity index (χ0) is 25.6.